The first-order valence-corrected chi connectivity index (χ1v) is 4.78. The van der Waals surface area contributed by atoms with Gasteiger partial charge in [0.2, 0.25) is 0 Å². The van der Waals surface area contributed by atoms with Crippen molar-refractivity contribution >= 4 is 5.78 Å². The molecule has 0 N–H and O–H groups in total. The minimum Gasteiger partial charge on any atom is -0.377 e. The molecule has 76 valence electrons. The van der Waals surface area contributed by atoms with E-state index in [2.05, 4.69) is 13.8 Å². The van der Waals surface area contributed by atoms with Crippen LogP contribution in [-0.4, -0.2) is 19.5 Å². The number of ether oxygens (including phenoxy) is 1. The lowest BCUT2D eigenvalue weighted by atomic mass is 9.95. The van der Waals surface area contributed by atoms with Gasteiger partial charge in [0.25, 0.3) is 0 Å². The molecule has 0 aliphatic carbocycles. The Morgan fingerprint density at radius 3 is 2.57 bits per heavy atom. The quantitative estimate of drug-likeness (QED) is 0.685. The van der Waals surface area contributed by atoms with E-state index in [1.165, 1.54) is 7.11 Å². The van der Waals surface area contributed by atoms with Crippen molar-refractivity contribution in [2.24, 2.45) is 0 Å². The molecule has 0 saturated heterocycles. The van der Waals surface area contributed by atoms with E-state index < -0.39 is 0 Å². The average Bonchev–Trinajstić information content (AvgIpc) is 2.18. The summed E-state index contributed by atoms with van der Waals surface area (Å²) in [5.74, 6) is 0.420. The van der Waals surface area contributed by atoms with Crippen LogP contribution in [0.1, 0.15) is 35.7 Å². The second-order valence-electron chi connectivity index (χ2n) is 3.60. The fourth-order valence-electron chi connectivity index (χ4n) is 1.46. The highest BCUT2D eigenvalue weighted by molar-refractivity contribution is 5.98. The third kappa shape index (κ3) is 2.42. The topological polar surface area (TPSA) is 26.3 Å². The summed E-state index contributed by atoms with van der Waals surface area (Å²) in [5.41, 5.74) is 1.87. The van der Waals surface area contributed by atoms with Gasteiger partial charge in [-0.1, -0.05) is 38.1 Å². The Bertz CT molecular complexity index is 316. The van der Waals surface area contributed by atoms with Gasteiger partial charge in [0.15, 0.2) is 5.78 Å². The van der Waals surface area contributed by atoms with Crippen LogP contribution in [0.15, 0.2) is 24.3 Å². The summed E-state index contributed by atoms with van der Waals surface area (Å²) >= 11 is 0. The van der Waals surface area contributed by atoms with E-state index in [0.717, 1.165) is 11.1 Å². The van der Waals surface area contributed by atoms with Crippen LogP contribution in [0.3, 0.4) is 0 Å². The normalized spacial score (nSPS) is 10.6. The second kappa shape index (κ2) is 4.91. The summed E-state index contributed by atoms with van der Waals surface area (Å²) in [4.78, 5) is 11.6. The van der Waals surface area contributed by atoms with Crippen LogP contribution in [0.25, 0.3) is 0 Å². The lowest BCUT2D eigenvalue weighted by Crippen LogP contribution is -2.10. The highest BCUT2D eigenvalue weighted by Crippen LogP contribution is 2.19. The molecule has 0 atom stereocenters. The molecule has 1 aromatic rings. The zero-order chi connectivity index (χ0) is 10.6. The van der Waals surface area contributed by atoms with Crippen molar-refractivity contribution in [3.8, 4) is 0 Å². The van der Waals surface area contributed by atoms with Gasteiger partial charge >= 0.3 is 0 Å². The maximum absolute atomic E-state index is 11.6. The van der Waals surface area contributed by atoms with E-state index in [-0.39, 0.29) is 12.4 Å². The van der Waals surface area contributed by atoms with Crippen LogP contribution >= 0.6 is 0 Å². The highest BCUT2D eigenvalue weighted by Gasteiger charge is 2.12. The van der Waals surface area contributed by atoms with Gasteiger partial charge in [-0.05, 0) is 11.5 Å². The van der Waals surface area contributed by atoms with Crippen molar-refractivity contribution in [1.29, 1.82) is 0 Å². The van der Waals surface area contributed by atoms with Gasteiger partial charge in [0, 0.05) is 12.7 Å². The highest BCUT2D eigenvalue weighted by atomic mass is 16.5. The Kier molecular flexibility index (Phi) is 3.84. The maximum atomic E-state index is 11.6. The van der Waals surface area contributed by atoms with Crippen molar-refractivity contribution in [1.82, 2.24) is 0 Å². The van der Waals surface area contributed by atoms with E-state index in [0.29, 0.717) is 5.92 Å². The first-order valence-electron chi connectivity index (χ1n) is 4.78. The molecule has 0 spiro atoms. The van der Waals surface area contributed by atoms with E-state index in [1.807, 2.05) is 24.3 Å². The first kappa shape index (κ1) is 10.9. The average molecular weight is 192 g/mol. The van der Waals surface area contributed by atoms with Gasteiger partial charge in [-0.15, -0.1) is 0 Å². The molecule has 0 fully saturated rings. The van der Waals surface area contributed by atoms with E-state index in [9.17, 15) is 4.79 Å². The largest absolute Gasteiger partial charge is 0.377 e. The zero-order valence-electron chi connectivity index (χ0n) is 8.91. The SMILES string of the molecule is COCC(=O)c1ccccc1C(C)C. The molecule has 0 radical (unpaired) electrons. The summed E-state index contributed by atoms with van der Waals surface area (Å²) < 4.78 is 4.84. The summed E-state index contributed by atoms with van der Waals surface area (Å²) in [6.07, 6.45) is 0. The molecule has 0 bridgehead atoms. The maximum Gasteiger partial charge on any atom is 0.188 e. The molecule has 0 saturated carbocycles. The standard InChI is InChI=1S/C12H16O2/c1-9(2)10-6-4-5-7-11(10)12(13)8-14-3/h4-7,9H,8H2,1-3H3. The number of hydrogen-bond acceptors (Lipinski definition) is 2. The number of carbonyl (C=O) groups excluding carboxylic acids is 1. The van der Waals surface area contributed by atoms with Crippen molar-refractivity contribution in [3.63, 3.8) is 0 Å². The van der Waals surface area contributed by atoms with Crippen LogP contribution in [0.5, 0.6) is 0 Å². The second-order valence-corrected chi connectivity index (χ2v) is 3.60. The Hall–Kier alpha value is -1.15. The smallest absolute Gasteiger partial charge is 0.188 e. The first-order chi connectivity index (χ1) is 6.66. The van der Waals surface area contributed by atoms with Gasteiger partial charge in [-0.3, -0.25) is 4.79 Å². The molecule has 2 nitrogen and oxygen atoms in total. The van der Waals surface area contributed by atoms with Crippen molar-refractivity contribution in [2.45, 2.75) is 19.8 Å². The minimum atomic E-state index is 0.0526. The molecule has 0 aliphatic heterocycles. The van der Waals surface area contributed by atoms with Gasteiger partial charge in [0.1, 0.15) is 6.61 Å². The predicted molar refractivity (Wildman–Crippen MR) is 56.7 cm³/mol. The van der Waals surface area contributed by atoms with Crippen LogP contribution in [0, 0.1) is 0 Å². The molecule has 14 heavy (non-hydrogen) atoms. The number of rotatable bonds is 4. The van der Waals surface area contributed by atoms with E-state index in [4.69, 9.17) is 4.74 Å². The summed E-state index contributed by atoms with van der Waals surface area (Å²) in [6.45, 7) is 4.32. The molecule has 0 aliphatic rings. The van der Waals surface area contributed by atoms with Crippen LogP contribution < -0.4 is 0 Å². The number of Topliss-reactive ketones (excluding diaryl/α,β-unsaturated/α-hetero) is 1. The zero-order valence-corrected chi connectivity index (χ0v) is 8.91. The van der Waals surface area contributed by atoms with Crippen LogP contribution in [-0.2, 0) is 4.74 Å². The lowest BCUT2D eigenvalue weighted by molar-refractivity contribution is 0.0846. The van der Waals surface area contributed by atoms with Crippen molar-refractivity contribution in [2.75, 3.05) is 13.7 Å². The Labute approximate surface area is 84.9 Å². The monoisotopic (exact) mass is 192 g/mol. The third-order valence-corrected chi connectivity index (χ3v) is 2.16. The molecule has 0 unspecified atom stereocenters. The number of ketones is 1. The number of hydrogen-bond donors (Lipinski definition) is 0. The molecule has 2 heteroatoms. The van der Waals surface area contributed by atoms with Crippen molar-refractivity contribution in [3.05, 3.63) is 35.4 Å². The molecule has 1 rings (SSSR count). The number of benzene rings is 1. The van der Waals surface area contributed by atoms with E-state index in [1.54, 1.807) is 0 Å². The molecule has 0 heterocycles. The number of methoxy groups -OCH3 is 1. The van der Waals surface area contributed by atoms with Gasteiger partial charge in [-0.25, -0.2) is 0 Å². The fraction of sp³-hybridized carbons (Fsp3) is 0.417. The molecular weight excluding hydrogens is 176 g/mol. The molecule has 0 aromatic heterocycles. The fourth-order valence-corrected chi connectivity index (χ4v) is 1.46. The summed E-state index contributed by atoms with van der Waals surface area (Å²) in [5, 5.41) is 0. The predicted octanol–water partition coefficient (Wildman–Crippen LogP) is 2.64. The minimum absolute atomic E-state index is 0.0526. The molecule has 0 amide bonds. The summed E-state index contributed by atoms with van der Waals surface area (Å²) in [6, 6.07) is 7.69. The van der Waals surface area contributed by atoms with Crippen molar-refractivity contribution < 1.29 is 9.53 Å². The number of carbonyl (C=O) groups is 1. The Balaban J connectivity index is 3.00. The lowest BCUT2D eigenvalue weighted by Gasteiger charge is -2.10. The third-order valence-electron chi connectivity index (χ3n) is 2.16. The summed E-state index contributed by atoms with van der Waals surface area (Å²) in [7, 11) is 1.54. The van der Waals surface area contributed by atoms with Gasteiger partial charge in [0.05, 0.1) is 0 Å². The molecule has 1 aromatic carbocycles. The van der Waals surface area contributed by atoms with Crippen LogP contribution in [0.4, 0.5) is 0 Å². The van der Waals surface area contributed by atoms with Gasteiger partial charge < -0.3 is 4.74 Å². The van der Waals surface area contributed by atoms with Gasteiger partial charge in [-0.2, -0.15) is 0 Å². The molecular formula is C12H16O2. The Morgan fingerprint density at radius 1 is 1.36 bits per heavy atom. The van der Waals surface area contributed by atoms with Crippen LogP contribution in [0.2, 0.25) is 0 Å². The van der Waals surface area contributed by atoms with E-state index >= 15 is 0 Å². The Morgan fingerprint density at radius 2 is 2.00 bits per heavy atom.